The summed E-state index contributed by atoms with van der Waals surface area (Å²) in [5, 5.41) is 0. The lowest BCUT2D eigenvalue weighted by Gasteiger charge is -2.43. The molecule has 2 rings (SSSR count). The number of methoxy groups -OCH3 is 1. The fourth-order valence-electron chi connectivity index (χ4n) is 4.84. The fourth-order valence-corrected chi connectivity index (χ4v) is 10.2. The second-order valence-corrected chi connectivity index (χ2v) is 13.8. The first-order valence-corrected chi connectivity index (χ1v) is 11.8. The summed E-state index contributed by atoms with van der Waals surface area (Å²) in [4.78, 5) is 12.8. The highest BCUT2D eigenvalue weighted by molar-refractivity contribution is 6.77. The van der Waals surface area contributed by atoms with Crippen LogP contribution in [0.25, 0.3) is 0 Å². The molecule has 144 valence electrons. The van der Waals surface area contributed by atoms with Crippen LogP contribution in [0.3, 0.4) is 0 Å². The lowest BCUT2D eigenvalue weighted by molar-refractivity contribution is -0.146. The van der Waals surface area contributed by atoms with E-state index in [4.69, 9.17) is 9.16 Å². The van der Waals surface area contributed by atoms with Crippen molar-refractivity contribution in [3.8, 4) is 0 Å². The third-order valence-corrected chi connectivity index (χ3v) is 12.2. The highest BCUT2D eigenvalue weighted by Crippen LogP contribution is 2.65. The molecule has 0 heterocycles. The molecule has 1 aliphatic rings. The molecule has 0 aromatic heterocycles. The van der Waals surface area contributed by atoms with E-state index in [-0.39, 0.29) is 11.9 Å². The maximum absolute atomic E-state index is 12.8. The maximum Gasteiger partial charge on any atom is 0.320 e. The Morgan fingerprint density at radius 3 is 2.00 bits per heavy atom. The summed E-state index contributed by atoms with van der Waals surface area (Å²) in [7, 11) is -0.703. The Balaban J connectivity index is 2.39. The monoisotopic (exact) mass is 374 g/mol. The van der Waals surface area contributed by atoms with Crippen LogP contribution in [0.2, 0.25) is 16.6 Å². The normalized spacial score (nSPS) is 22.6. The average Bonchev–Trinajstić information content (AvgIpc) is 3.35. The summed E-state index contributed by atoms with van der Waals surface area (Å²) >= 11 is 0. The maximum atomic E-state index is 12.8. The van der Waals surface area contributed by atoms with Gasteiger partial charge in [-0.15, -0.1) is 0 Å². The van der Waals surface area contributed by atoms with Gasteiger partial charge < -0.3 is 9.16 Å². The molecule has 0 radical (unpaired) electrons. The third kappa shape index (κ3) is 3.24. The van der Waals surface area contributed by atoms with Gasteiger partial charge in [-0.05, 0) is 28.6 Å². The number of benzene rings is 1. The minimum absolute atomic E-state index is 0.0850. The van der Waals surface area contributed by atoms with E-state index in [9.17, 15) is 4.79 Å². The summed E-state index contributed by atoms with van der Waals surface area (Å²) in [6.45, 7) is 17.7. The summed E-state index contributed by atoms with van der Waals surface area (Å²) in [5.41, 5.74) is 1.70. The standard InChI is InChI=1S/C22H34O3Si/c1-15(2)26(16(3)4,17(5)6)25-18(7)22(21(23)24-8)14-20(22)19-12-10-9-11-13-19/h9-13,15-17,20H,7,14H2,1-6,8H3/t20-,22-/m1/s1. The van der Waals surface area contributed by atoms with Gasteiger partial charge in [0.15, 0.2) is 0 Å². The molecule has 0 saturated heterocycles. The number of rotatable bonds is 8. The Morgan fingerprint density at radius 1 is 1.08 bits per heavy atom. The van der Waals surface area contributed by atoms with Crippen LogP contribution in [0, 0.1) is 5.41 Å². The highest BCUT2D eigenvalue weighted by atomic mass is 28.4. The van der Waals surface area contributed by atoms with Crippen LogP contribution >= 0.6 is 0 Å². The first kappa shape index (κ1) is 20.8. The molecule has 0 spiro atoms. The van der Waals surface area contributed by atoms with Crippen LogP contribution in [0.1, 0.15) is 59.4 Å². The van der Waals surface area contributed by atoms with Crippen LogP contribution in [-0.2, 0) is 14.0 Å². The summed E-state index contributed by atoms with van der Waals surface area (Å²) in [6, 6.07) is 10.1. The molecule has 1 aromatic carbocycles. The van der Waals surface area contributed by atoms with Gasteiger partial charge in [-0.3, -0.25) is 4.79 Å². The minimum atomic E-state index is -2.16. The first-order chi connectivity index (χ1) is 12.1. The number of hydrogen-bond donors (Lipinski definition) is 0. The van der Waals surface area contributed by atoms with Crippen LogP contribution in [-0.4, -0.2) is 21.4 Å². The van der Waals surface area contributed by atoms with Gasteiger partial charge in [-0.2, -0.15) is 0 Å². The molecular weight excluding hydrogens is 340 g/mol. The van der Waals surface area contributed by atoms with E-state index >= 15 is 0 Å². The number of hydrogen-bond acceptors (Lipinski definition) is 3. The quantitative estimate of drug-likeness (QED) is 0.316. The zero-order chi connectivity index (χ0) is 19.7. The first-order valence-electron chi connectivity index (χ1n) is 9.66. The van der Waals surface area contributed by atoms with Crippen molar-refractivity contribution in [1.82, 2.24) is 0 Å². The van der Waals surface area contributed by atoms with Crippen molar-refractivity contribution in [3.63, 3.8) is 0 Å². The predicted octanol–water partition coefficient (Wildman–Crippen LogP) is 6.04. The molecule has 0 amide bonds. The summed E-state index contributed by atoms with van der Waals surface area (Å²) < 4.78 is 11.9. The van der Waals surface area contributed by atoms with Crippen molar-refractivity contribution in [2.24, 2.45) is 5.41 Å². The smallest absolute Gasteiger partial charge is 0.320 e. The number of carbonyl (C=O) groups is 1. The zero-order valence-electron chi connectivity index (χ0n) is 17.3. The van der Waals surface area contributed by atoms with Gasteiger partial charge >= 0.3 is 5.97 Å². The molecule has 0 N–H and O–H groups in total. The van der Waals surface area contributed by atoms with E-state index in [1.807, 2.05) is 18.2 Å². The summed E-state index contributed by atoms with van der Waals surface area (Å²) in [5.74, 6) is 0.471. The lowest BCUT2D eigenvalue weighted by atomic mass is 9.97. The number of carbonyl (C=O) groups excluding carboxylic acids is 1. The average molecular weight is 375 g/mol. The SMILES string of the molecule is C=C(O[Si](C(C)C)(C(C)C)C(C)C)[C@]1(C(=O)OC)C[C@@H]1c1ccccc1. The lowest BCUT2D eigenvalue weighted by Crippen LogP contribution is -2.48. The van der Waals surface area contributed by atoms with E-state index in [0.717, 1.165) is 5.56 Å². The Hall–Kier alpha value is -1.55. The van der Waals surface area contributed by atoms with Gasteiger partial charge in [-0.1, -0.05) is 78.5 Å². The molecule has 1 saturated carbocycles. The van der Waals surface area contributed by atoms with E-state index in [2.05, 4.69) is 60.3 Å². The third-order valence-electron chi connectivity index (χ3n) is 6.22. The molecule has 0 bridgehead atoms. The van der Waals surface area contributed by atoms with Crippen molar-refractivity contribution in [3.05, 3.63) is 48.2 Å². The van der Waals surface area contributed by atoms with Crippen molar-refractivity contribution in [2.75, 3.05) is 7.11 Å². The van der Waals surface area contributed by atoms with Crippen molar-refractivity contribution < 1.29 is 14.0 Å². The molecule has 1 fully saturated rings. The van der Waals surface area contributed by atoms with Crippen molar-refractivity contribution in [1.29, 1.82) is 0 Å². The Bertz CT molecular complexity index is 629. The van der Waals surface area contributed by atoms with Gasteiger partial charge in [0.1, 0.15) is 5.41 Å². The fraction of sp³-hybridized carbons (Fsp3) is 0.591. The van der Waals surface area contributed by atoms with E-state index in [1.165, 1.54) is 7.11 Å². The number of ether oxygens (including phenoxy) is 1. The molecule has 1 aliphatic carbocycles. The highest BCUT2D eigenvalue weighted by Gasteiger charge is 2.66. The molecule has 0 aliphatic heterocycles. The van der Waals surface area contributed by atoms with Gasteiger partial charge in [0.2, 0.25) is 0 Å². The second kappa shape index (κ2) is 7.59. The van der Waals surface area contributed by atoms with Crippen LogP contribution in [0.15, 0.2) is 42.7 Å². The molecule has 26 heavy (non-hydrogen) atoms. The minimum Gasteiger partial charge on any atom is -0.545 e. The Kier molecular flexibility index (Phi) is 6.06. The van der Waals surface area contributed by atoms with Crippen LogP contribution in [0.4, 0.5) is 0 Å². The van der Waals surface area contributed by atoms with Gasteiger partial charge in [0, 0.05) is 5.92 Å². The molecule has 1 aromatic rings. The molecule has 0 unspecified atom stereocenters. The van der Waals surface area contributed by atoms with Gasteiger partial charge in [-0.25, -0.2) is 0 Å². The molecule has 3 nitrogen and oxygen atoms in total. The largest absolute Gasteiger partial charge is 0.545 e. The van der Waals surface area contributed by atoms with E-state index in [0.29, 0.717) is 28.8 Å². The van der Waals surface area contributed by atoms with Crippen molar-refractivity contribution >= 4 is 14.3 Å². The summed E-state index contributed by atoms with van der Waals surface area (Å²) in [6.07, 6.45) is 0.710. The van der Waals surface area contributed by atoms with E-state index < -0.39 is 13.7 Å². The molecule has 2 atom stereocenters. The Morgan fingerprint density at radius 2 is 1.58 bits per heavy atom. The Labute approximate surface area is 159 Å². The van der Waals surface area contributed by atoms with Crippen molar-refractivity contribution in [2.45, 2.75) is 70.5 Å². The van der Waals surface area contributed by atoms with Crippen LogP contribution < -0.4 is 0 Å². The predicted molar refractivity (Wildman–Crippen MR) is 110 cm³/mol. The topological polar surface area (TPSA) is 35.5 Å². The van der Waals surface area contributed by atoms with Gasteiger partial charge in [0.25, 0.3) is 8.32 Å². The van der Waals surface area contributed by atoms with Gasteiger partial charge in [0.05, 0.1) is 12.9 Å². The zero-order valence-corrected chi connectivity index (χ0v) is 18.3. The van der Waals surface area contributed by atoms with E-state index in [1.54, 1.807) is 0 Å². The second-order valence-electron chi connectivity index (χ2n) is 8.47. The molecular formula is C22H34O3Si. The molecule has 4 heteroatoms. The van der Waals surface area contributed by atoms with Crippen LogP contribution in [0.5, 0.6) is 0 Å². The number of esters is 1.